The van der Waals surface area contributed by atoms with Gasteiger partial charge in [-0.2, -0.15) is 0 Å². The highest BCUT2D eigenvalue weighted by atomic mass is 19.1. The first-order valence-corrected chi connectivity index (χ1v) is 8.50. The minimum atomic E-state index is -0.765. The number of oxime groups is 1. The Bertz CT molecular complexity index is 988. The molecule has 1 aromatic heterocycles. The molecule has 27 heavy (non-hydrogen) atoms. The number of benzene rings is 2. The van der Waals surface area contributed by atoms with Gasteiger partial charge >= 0.3 is 0 Å². The van der Waals surface area contributed by atoms with Crippen molar-refractivity contribution < 1.29 is 14.0 Å². The first kappa shape index (κ1) is 16.9. The van der Waals surface area contributed by atoms with E-state index >= 15 is 0 Å². The first-order chi connectivity index (χ1) is 13.2. The quantitative estimate of drug-likeness (QED) is 0.763. The zero-order valence-electron chi connectivity index (χ0n) is 14.3. The molecule has 0 unspecified atom stereocenters. The largest absolute Gasteiger partial charge is 0.382 e. The van der Waals surface area contributed by atoms with Gasteiger partial charge in [0.15, 0.2) is 0 Å². The number of carbonyl (C=O) groups is 1. The second kappa shape index (κ2) is 7.37. The third-order valence-corrected chi connectivity index (χ3v) is 4.24. The Kier molecular flexibility index (Phi) is 4.61. The predicted octanol–water partition coefficient (Wildman–Crippen LogP) is 4.02. The highest BCUT2D eigenvalue weighted by molar-refractivity contribution is 6.05. The monoisotopic (exact) mass is 361 g/mol. The number of halogens is 1. The molecule has 0 spiro atoms. The number of nitrogens with zero attached hydrogens (tertiary/aromatic N) is 2. The highest BCUT2D eigenvalue weighted by Crippen LogP contribution is 2.21. The van der Waals surface area contributed by atoms with Crippen molar-refractivity contribution in [1.82, 2.24) is 4.98 Å². The highest BCUT2D eigenvalue weighted by Gasteiger charge is 2.29. The number of carbonyl (C=O) groups excluding carboxylic acids is 1. The molecule has 0 saturated carbocycles. The smallest absolute Gasteiger partial charge is 0.269 e. The Labute approximate surface area is 155 Å². The van der Waals surface area contributed by atoms with Crippen LogP contribution in [0.15, 0.2) is 78.1 Å². The van der Waals surface area contributed by atoms with Crippen LogP contribution in [-0.4, -0.2) is 22.7 Å². The summed E-state index contributed by atoms with van der Waals surface area (Å²) in [4.78, 5) is 21.9. The van der Waals surface area contributed by atoms with Gasteiger partial charge in [0.25, 0.3) is 5.91 Å². The second-order valence-electron chi connectivity index (χ2n) is 6.13. The molecular weight excluding hydrogens is 345 g/mol. The minimum absolute atomic E-state index is 0.275. The van der Waals surface area contributed by atoms with Crippen LogP contribution in [0.25, 0.3) is 11.1 Å². The number of nitrogens with one attached hydrogen (secondary N) is 1. The molecule has 1 N–H and O–H groups in total. The van der Waals surface area contributed by atoms with E-state index < -0.39 is 6.10 Å². The molecule has 4 rings (SSSR count). The molecule has 6 heteroatoms. The molecule has 1 aliphatic rings. The third-order valence-electron chi connectivity index (χ3n) is 4.24. The number of rotatable bonds is 4. The van der Waals surface area contributed by atoms with Gasteiger partial charge in [-0.15, -0.1) is 0 Å². The molecule has 0 aliphatic carbocycles. The van der Waals surface area contributed by atoms with E-state index in [0.717, 1.165) is 11.1 Å². The Hall–Kier alpha value is -3.54. The summed E-state index contributed by atoms with van der Waals surface area (Å²) in [5, 5.41) is 6.64. The molecule has 0 saturated heterocycles. The van der Waals surface area contributed by atoms with Crippen molar-refractivity contribution in [2.24, 2.45) is 5.16 Å². The first-order valence-electron chi connectivity index (χ1n) is 8.50. The lowest BCUT2D eigenvalue weighted by molar-refractivity contribution is -0.125. The van der Waals surface area contributed by atoms with Crippen LogP contribution >= 0.6 is 0 Å². The van der Waals surface area contributed by atoms with Crippen molar-refractivity contribution in [3.8, 4) is 11.1 Å². The number of hydrogen-bond acceptors (Lipinski definition) is 4. The molecular formula is C21H16FN3O2. The Balaban J connectivity index is 1.39. The fraction of sp³-hybridized carbons (Fsp3) is 0.0952. The Morgan fingerprint density at radius 3 is 2.56 bits per heavy atom. The van der Waals surface area contributed by atoms with Crippen molar-refractivity contribution in [1.29, 1.82) is 0 Å². The number of aromatic nitrogens is 1. The van der Waals surface area contributed by atoms with E-state index in [1.807, 2.05) is 36.4 Å². The SMILES string of the molecule is O=C(Nc1ccc(-c2ccccc2)cn1)[C@@H]1CC(c2cccc(F)c2)=NO1. The minimum Gasteiger partial charge on any atom is -0.382 e. The van der Waals surface area contributed by atoms with E-state index in [2.05, 4.69) is 15.5 Å². The molecule has 1 atom stereocenters. The zero-order valence-corrected chi connectivity index (χ0v) is 14.3. The van der Waals surface area contributed by atoms with Crippen LogP contribution in [0.2, 0.25) is 0 Å². The van der Waals surface area contributed by atoms with E-state index in [1.165, 1.54) is 12.1 Å². The van der Waals surface area contributed by atoms with Crippen molar-refractivity contribution in [3.05, 3.63) is 84.3 Å². The van der Waals surface area contributed by atoms with Crippen LogP contribution in [0.1, 0.15) is 12.0 Å². The number of anilines is 1. The molecule has 0 radical (unpaired) electrons. The zero-order chi connectivity index (χ0) is 18.6. The Morgan fingerprint density at radius 1 is 1.00 bits per heavy atom. The van der Waals surface area contributed by atoms with Crippen LogP contribution in [0.4, 0.5) is 10.2 Å². The van der Waals surface area contributed by atoms with Crippen LogP contribution in [0.5, 0.6) is 0 Å². The van der Waals surface area contributed by atoms with Gasteiger partial charge < -0.3 is 10.2 Å². The average molecular weight is 361 g/mol. The summed E-state index contributed by atoms with van der Waals surface area (Å²) in [7, 11) is 0. The van der Waals surface area contributed by atoms with E-state index in [0.29, 0.717) is 17.1 Å². The van der Waals surface area contributed by atoms with E-state index in [9.17, 15) is 9.18 Å². The third kappa shape index (κ3) is 3.84. The van der Waals surface area contributed by atoms with Gasteiger partial charge in [-0.1, -0.05) is 47.6 Å². The van der Waals surface area contributed by atoms with Crippen LogP contribution in [0, 0.1) is 5.82 Å². The molecule has 134 valence electrons. The van der Waals surface area contributed by atoms with E-state index in [-0.39, 0.29) is 18.1 Å². The maximum Gasteiger partial charge on any atom is 0.269 e. The molecule has 5 nitrogen and oxygen atoms in total. The summed E-state index contributed by atoms with van der Waals surface area (Å²) in [5.41, 5.74) is 3.16. The van der Waals surface area contributed by atoms with Crippen LogP contribution in [-0.2, 0) is 9.63 Å². The Morgan fingerprint density at radius 2 is 1.81 bits per heavy atom. The normalized spacial score (nSPS) is 15.7. The molecule has 2 aromatic carbocycles. The summed E-state index contributed by atoms with van der Waals surface area (Å²) in [6.07, 6.45) is 1.21. The maximum absolute atomic E-state index is 13.3. The van der Waals surface area contributed by atoms with Crippen LogP contribution < -0.4 is 5.32 Å². The van der Waals surface area contributed by atoms with Gasteiger partial charge in [-0.3, -0.25) is 4.79 Å². The topological polar surface area (TPSA) is 63.6 Å². The maximum atomic E-state index is 13.3. The van der Waals surface area contributed by atoms with Gasteiger partial charge in [0.05, 0.1) is 5.71 Å². The number of hydrogen-bond donors (Lipinski definition) is 1. The molecule has 1 amide bonds. The van der Waals surface area contributed by atoms with Crippen molar-refractivity contribution in [3.63, 3.8) is 0 Å². The van der Waals surface area contributed by atoms with Gasteiger partial charge in [-0.25, -0.2) is 9.37 Å². The molecule has 0 fully saturated rings. The standard InChI is InChI=1S/C21H16FN3O2/c22-17-8-4-7-15(11-17)18-12-19(27-25-18)21(26)24-20-10-9-16(13-23-20)14-5-2-1-3-6-14/h1-11,13,19H,12H2,(H,23,24,26)/t19-/m0/s1. The lowest BCUT2D eigenvalue weighted by Crippen LogP contribution is -2.28. The van der Waals surface area contributed by atoms with Crippen molar-refractivity contribution in [2.45, 2.75) is 12.5 Å². The molecule has 1 aliphatic heterocycles. The average Bonchev–Trinajstić information content (AvgIpc) is 3.20. The van der Waals surface area contributed by atoms with Gasteiger partial charge in [0.1, 0.15) is 11.6 Å². The van der Waals surface area contributed by atoms with Gasteiger partial charge in [0, 0.05) is 23.7 Å². The fourth-order valence-corrected chi connectivity index (χ4v) is 2.83. The van der Waals surface area contributed by atoms with E-state index in [1.54, 1.807) is 24.4 Å². The summed E-state index contributed by atoms with van der Waals surface area (Å²) in [6, 6.07) is 19.5. The molecule has 3 aromatic rings. The van der Waals surface area contributed by atoms with Crippen LogP contribution in [0.3, 0.4) is 0 Å². The van der Waals surface area contributed by atoms with E-state index in [4.69, 9.17) is 4.84 Å². The van der Waals surface area contributed by atoms with Crippen molar-refractivity contribution in [2.75, 3.05) is 5.32 Å². The number of pyridine rings is 1. The summed E-state index contributed by atoms with van der Waals surface area (Å²) in [6.45, 7) is 0. The summed E-state index contributed by atoms with van der Waals surface area (Å²) >= 11 is 0. The molecule has 2 heterocycles. The summed E-state index contributed by atoms with van der Waals surface area (Å²) in [5.74, 6) is -0.265. The molecule has 0 bridgehead atoms. The second-order valence-corrected chi connectivity index (χ2v) is 6.13. The van der Waals surface area contributed by atoms with Gasteiger partial charge in [-0.05, 0) is 29.8 Å². The number of amides is 1. The lowest BCUT2D eigenvalue weighted by Gasteiger charge is -2.09. The van der Waals surface area contributed by atoms with Crippen molar-refractivity contribution >= 4 is 17.4 Å². The predicted molar refractivity (Wildman–Crippen MR) is 101 cm³/mol. The van der Waals surface area contributed by atoms with Gasteiger partial charge in [0.2, 0.25) is 6.10 Å². The summed E-state index contributed by atoms with van der Waals surface area (Å²) < 4.78 is 13.3. The lowest BCUT2D eigenvalue weighted by atomic mass is 10.0. The fourth-order valence-electron chi connectivity index (χ4n) is 2.83.